The fraction of sp³-hybridized carbons (Fsp3) is 0.579. The van der Waals surface area contributed by atoms with Crippen molar-refractivity contribution in [1.29, 1.82) is 0 Å². The molecular weight excluding hydrogens is 418 g/mol. The molecule has 2 rings (SSSR count). The second kappa shape index (κ2) is 10.9. The van der Waals surface area contributed by atoms with Gasteiger partial charge in [-0.25, -0.2) is 13.1 Å². The lowest BCUT2D eigenvalue weighted by Gasteiger charge is -2.13. The highest BCUT2D eigenvalue weighted by molar-refractivity contribution is 7.89. The Morgan fingerprint density at radius 1 is 1.34 bits per heavy atom. The molecule has 1 heterocycles. The molecule has 2 atom stereocenters. The van der Waals surface area contributed by atoms with Gasteiger partial charge in [0.1, 0.15) is 4.90 Å². The Morgan fingerprint density at radius 3 is 2.76 bits per heavy atom. The van der Waals surface area contributed by atoms with Gasteiger partial charge in [0.15, 0.2) is 0 Å². The molecule has 0 aliphatic carbocycles. The highest BCUT2D eigenvalue weighted by atomic mass is 35.5. The second-order valence-electron chi connectivity index (χ2n) is 7.01. The number of hydrogen-bond donors (Lipinski definition) is 3. The summed E-state index contributed by atoms with van der Waals surface area (Å²) in [6.45, 7) is 4.79. The molecule has 0 bridgehead atoms. The maximum atomic E-state index is 12.6. The molecule has 1 saturated heterocycles. The van der Waals surface area contributed by atoms with E-state index in [-0.39, 0.29) is 53.0 Å². The van der Waals surface area contributed by atoms with Crippen LogP contribution in [0.25, 0.3) is 0 Å². The first-order valence-electron chi connectivity index (χ1n) is 9.71. The maximum Gasteiger partial charge on any atom is 0.251 e. The van der Waals surface area contributed by atoms with Gasteiger partial charge in [-0.1, -0.05) is 18.5 Å². The van der Waals surface area contributed by atoms with Gasteiger partial charge in [-0.15, -0.1) is 0 Å². The van der Waals surface area contributed by atoms with Gasteiger partial charge in [0.25, 0.3) is 5.91 Å². The minimum Gasteiger partial charge on any atom is -0.377 e. The van der Waals surface area contributed by atoms with Gasteiger partial charge >= 0.3 is 0 Å². The number of hydrogen-bond acceptors (Lipinski definition) is 5. The highest BCUT2D eigenvalue weighted by Gasteiger charge is 2.23. The van der Waals surface area contributed by atoms with Gasteiger partial charge in [0.2, 0.25) is 15.9 Å². The van der Waals surface area contributed by atoms with Crippen molar-refractivity contribution in [3.8, 4) is 0 Å². The summed E-state index contributed by atoms with van der Waals surface area (Å²) in [6.07, 6.45) is 2.50. The molecule has 162 valence electrons. The van der Waals surface area contributed by atoms with E-state index in [0.29, 0.717) is 6.61 Å². The SMILES string of the molecule is CCC(C)NC(=O)CCNC(=O)c1ccc(Cl)c(S(=O)(=O)NCC2CCCO2)c1. The predicted octanol–water partition coefficient (Wildman–Crippen LogP) is 1.83. The summed E-state index contributed by atoms with van der Waals surface area (Å²) in [5.74, 6) is -0.633. The van der Waals surface area contributed by atoms with Crippen LogP contribution in [-0.4, -0.2) is 52.1 Å². The van der Waals surface area contributed by atoms with Crippen LogP contribution >= 0.6 is 11.6 Å². The summed E-state index contributed by atoms with van der Waals surface area (Å²) in [6, 6.07) is 4.11. The molecule has 0 aromatic heterocycles. The van der Waals surface area contributed by atoms with Crippen molar-refractivity contribution in [2.24, 2.45) is 0 Å². The van der Waals surface area contributed by atoms with Crippen LogP contribution in [0.1, 0.15) is 49.9 Å². The number of ether oxygens (including phenoxy) is 1. The number of halogens is 1. The number of amides is 2. The van der Waals surface area contributed by atoms with Gasteiger partial charge in [-0.3, -0.25) is 9.59 Å². The summed E-state index contributed by atoms with van der Waals surface area (Å²) in [4.78, 5) is 23.9. The first-order valence-corrected chi connectivity index (χ1v) is 11.6. The topological polar surface area (TPSA) is 114 Å². The number of carbonyl (C=O) groups is 2. The summed E-state index contributed by atoms with van der Waals surface area (Å²) < 4.78 is 33.1. The molecule has 1 aromatic rings. The van der Waals surface area contributed by atoms with E-state index in [0.717, 1.165) is 19.3 Å². The van der Waals surface area contributed by atoms with Crippen molar-refractivity contribution < 1.29 is 22.7 Å². The van der Waals surface area contributed by atoms with E-state index in [1.54, 1.807) is 0 Å². The van der Waals surface area contributed by atoms with Crippen LogP contribution in [-0.2, 0) is 19.6 Å². The average Bonchev–Trinajstić information content (AvgIpc) is 3.20. The molecule has 2 unspecified atom stereocenters. The Labute approximate surface area is 176 Å². The van der Waals surface area contributed by atoms with Gasteiger partial charge in [0.05, 0.1) is 11.1 Å². The van der Waals surface area contributed by atoms with Crippen molar-refractivity contribution in [3.63, 3.8) is 0 Å². The Kier molecular flexibility index (Phi) is 8.88. The fourth-order valence-corrected chi connectivity index (χ4v) is 4.37. The molecule has 3 N–H and O–H groups in total. The van der Waals surface area contributed by atoms with Crippen molar-refractivity contribution in [3.05, 3.63) is 28.8 Å². The van der Waals surface area contributed by atoms with Gasteiger partial charge in [-0.2, -0.15) is 0 Å². The van der Waals surface area contributed by atoms with Crippen LogP contribution in [0.2, 0.25) is 5.02 Å². The molecule has 10 heteroatoms. The molecule has 0 saturated carbocycles. The molecule has 29 heavy (non-hydrogen) atoms. The van der Waals surface area contributed by atoms with Crippen LogP contribution in [0, 0.1) is 0 Å². The molecular formula is C19H28ClN3O5S. The third-order valence-corrected chi connectivity index (χ3v) is 6.57. The van der Waals surface area contributed by atoms with Crippen LogP contribution < -0.4 is 15.4 Å². The van der Waals surface area contributed by atoms with Gasteiger partial charge in [0, 0.05) is 37.7 Å². The summed E-state index contributed by atoms with van der Waals surface area (Å²) in [5, 5.41) is 5.45. The lowest BCUT2D eigenvalue weighted by molar-refractivity contribution is -0.121. The van der Waals surface area contributed by atoms with Crippen molar-refractivity contribution >= 4 is 33.4 Å². The minimum atomic E-state index is -3.89. The molecule has 1 aliphatic rings. The average molecular weight is 446 g/mol. The predicted molar refractivity (Wildman–Crippen MR) is 110 cm³/mol. The largest absolute Gasteiger partial charge is 0.377 e. The van der Waals surface area contributed by atoms with E-state index in [1.165, 1.54) is 18.2 Å². The van der Waals surface area contributed by atoms with Crippen molar-refractivity contribution in [1.82, 2.24) is 15.4 Å². The Balaban J connectivity index is 1.96. The fourth-order valence-electron chi connectivity index (χ4n) is 2.78. The van der Waals surface area contributed by atoms with Gasteiger partial charge in [-0.05, 0) is 44.4 Å². The molecule has 1 aromatic carbocycles. The van der Waals surface area contributed by atoms with E-state index in [1.807, 2.05) is 13.8 Å². The Hall–Kier alpha value is -1.68. The zero-order valence-corrected chi connectivity index (χ0v) is 18.2. The first-order chi connectivity index (χ1) is 13.7. The number of sulfonamides is 1. The number of benzene rings is 1. The van der Waals surface area contributed by atoms with E-state index in [4.69, 9.17) is 16.3 Å². The first kappa shape index (κ1) is 23.6. The summed E-state index contributed by atoms with van der Waals surface area (Å²) in [5.41, 5.74) is 0.147. The Bertz CT molecular complexity index is 825. The number of nitrogens with one attached hydrogen (secondary N) is 3. The second-order valence-corrected chi connectivity index (χ2v) is 9.16. The van der Waals surface area contributed by atoms with E-state index in [2.05, 4.69) is 15.4 Å². The summed E-state index contributed by atoms with van der Waals surface area (Å²) >= 11 is 6.05. The molecule has 1 fully saturated rings. The van der Waals surface area contributed by atoms with Crippen LogP contribution in [0.15, 0.2) is 23.1 Å². The summed E-state index contributed by atoms with van der Waals surface area (Å²) in [7, 11) is -3.89. The molecule has 8 nitrogen and oxygen atoms in total. The normalized spacial score (nSPS) is 17.7. The van der Waals surface area contributed by atoms with Crippen LogP contribution in [0.5, 0.6) is 0 Å². The van der Waals surface area contributed by atoms with Crippen LogP contribution in [0.4, 0.5) is 0 Å². The van der Waals surface area contributed by atoms with Gasteiger partial charge < -0.3 is 15.4 Å². The third-order valence-electron chi connectivity index (χ3n) is 4.67. The highest BCUT2D eigenvalue weighted by Crippen LogP contribution is 2.23. The number of rotatable bonds is 10. The van der Waals surface area contributed by atoms with Crippen LogP contribution in [0.3, 0.4) is 0 Å². The molecule has 1 aliphatic heterocycles. The maximum absolute atomic E-state index is 12.6. The lowest BCUT2D eigenvalue weighted by Crippen LogP contribution is -2.35. The quantitative estimate of drug-likeness (QED) is 0.508. The van der Waals surface area contributed by atoms with E-state index in [9.17, 15) is 18.0 Å². The molecule has 2 amide bonds. The van der Waals surface area contributed by atoms with Crippen molar-refractivity contribution in [2.75, 3.05) is 19.7 Å². The zero-order valence-electron chi connectivity index (χ0n) is 16.7. The smallest absolute Gasteiger partial charge is 0.251 e. The molecule has 0 radical (unpaired) electrons. The van der Waals surface area contributed by atoms with E-state index < -0.39 is 15.9 Å². The zero-order chi connectivity index (χ0) is 21.4. The number of carbonyl (C=O) groups excluding carboxylic acids is 2. The standard InChI is InChI=1S/C19H28ClN3O5S/c1-3-13(2)23-18(24)8-9-21-19(25)14-6-7-16(20)17(11-14)29(26,27)22-12-15-5-4-10-28-15/h6-7,11,13,15,22H,3-5,8-10,12H2,1-2H3,(H,21,25)(H,23,24). The Morgan fingerprint density at radius 2 is 2.10 bits per heavy atom. The third kappa shape index (κ3) is 7.26. The molecule has 0 spiro atoms. The monoisotopic (exact) mass is 445 g/mol. The lowest BCUT2D eigenvalue weighted by atomic mass is 10.2. The minimum absolute atomic E-state index is 0.0225. The van der Waals surface area contributed by atoms with Crippen molar-refractivity contribution in [2.45, 2.75) is 56.6 Å². The van der Waals surface area contributed by atoms with E-state index >= 15 is 0 Å².